The van der Waals surface area contributed by atoms with Crippen LogP contribution >= 0.6 is 34.8 Å². The summed E-state index contributed by atoms with van der Waals surface area (Å²) >= 11 is 18.4. The van der Waals surface area contributed by atoms with Crippen LogP contribution in [-0.2, 0) is 6.61 Å². The summed E-state index contributed by atoms with van der Waals surface area (Å²) < 4.78 is 25.6. The minimum absolute atomic E-state index is 0.00796. The van der Waals surface area contributed by atoms with Crippen LogP contribution in [0, 0.1) is 12.7 Å². The summed E-state index contributed by atoms with van der Waals surface area (Å²) in [6.45, 7) is 1.92. The Hall–Kier alpha value is -2.53. The van der Waals surface area contributed by atoms with Crippen LogP contribution in [-0.4, -0.2) is 5.78 Å². The number of carbonyl (C=O) groups is 1. The molecule has 1 aliphatic heterocycles. The lowest BCUT2D eigenvalue weighted by Gasteiger charge is -2.11. The quantitative estimate of drug-likeness (QED) is 0.381. The largest absolute Gasteiger partial charge is 0.489 e. The van der Waals surface area contributed by atoms with Crippen molar-refractivity contribution in [1.29, 1.82) is 0 Å². The number of hydrogen-bond acceptors (Lipinski definition) is 3. The molecule has 0 aromatic heterocycles. The molecule has 3 nitrogen and oxygen atoms in total. The van der Waals surface area contributed by atoms with Gasteiger partial charge in [-0.3, -0.25) is 4.79 Å². The lowest BCUT2D eigenvalue weighted by atomic mass is 10.0. The molecule has 3 aromatic carbocycles. The van der Waals surface area contributed by atoms with Gasteiger partial charge in [0.25, 0.3) is 0 Å². The highest BCUT2D eigenvalue weighted by atomic mass is 35.5. The zero-order valence-corrected chi connectivity index (χ0v) is 17.9. The van der Waals surface area contributed by atoms with E-state index in [9.17, 15) is 9.18 Å². The summed E-state index contributed by atoms with van der Waals surface area (Å²) in [5.41, 5.74) is 1.82. The highest BCUT2D eigenvalue weighted by Crippen LogP contribution is 2.38. The first-order valence-electron chi connectivity index (χ1n) is 8.93. The average molecular weight is 464 g/mol. The van der Waals surface area contributed by atoms with Gasteiger partial charge in [0.05, 0.1) is 10.6 Å². The molecule has 7 heteroatoms. The maximum atomic E-state index is 14.1. The van der Waals surface area contributed by atoms with Gasteiger partial charge in [0, 0.05) is 27.2 Å². The number of ketones is 1. The third-order valence-electron chi connectivity index (χ3n) is 4.66. The predicted molar refractivity (Wildman–Crippen MR) is 116 cm³/mol. The summed E-state index contributed by atoms with van der Waals surface area (Å²) in [7, 11) is 0. The van der Waals surface area contributed by atoms with Crippen molar-refractivity contribution >= 4 is 46.7 Å². The minimum Gasteiger partial charge on any atom is -0.489 e. The van der Waals surface area contributed by atoms with Gasteiger partial charge in [-0.1, -0.05) is 46.9 Å². The van der Waals surface area contributed by atoms with Crippen LogP contribution in [0.4, 0.5) is 4.39 Å². The molecule has 0 radical (unpaired) electrons. The number of ether oxygens (including phenoxy) is 2. The fourth-order valence-electron chi connectivity index (χ4n) is 3.17. The number of aryl methyl sites for hydroxylation is 1. The number of hydrogen-bond donors (Lipinski definition) is 0. The molecular weight excluding hydrogens is 450 g/mol. The summed E-state index contributed by atoms with van der Waals surface area (Å²) in [5.74, 6) is -0.0761. The van der Waals surface area contributed by atoms with Crippen molar-refractivity contribution in [3.63, 3.8) is 0 Å². The molecule has 0 fully saturated rings. The Bertz CT molecular complexity index is 1160. The van der Waals surface area contributed by atoms with Crippen LogP contribution < -0.4 is 9.47 Å². The number of allylic oxidation sites excluding steroid dienone is 1. The third-order valence-corrected chi connectivity index (χ3v) is 5.70. The third kappa shape index (κ3) is 3.91. The van der Waals surface area contributed by atoms with Crippen LogP contribution in [0.25, 0.3) is 6.08 Å². The average Bonchev–Trinajstić information content (AvgIpc) is 3.00. The molecule has 0 saturated heterocycles. The zero-order chi connectivity index (χ0) is 21.4. The van der Waals surface area contributed by atoms with Crippen molar-refractivity contribution in [2.75, 3.05) is 0 Å². The van der Waals surface area contributed by atoms with Crippen LogP contribution in [0.3, 0.4) is 0 Å². The van der Waals surface area contributed by atoms with Crippen LogP contribution in [0.5, 0.6) is 11.5 Å². The second kappa shape index (κ2) is 8.31. The summed E-state index contributed by atoms with van der Waals surface area (Å²) in [6.07, 6.45) is 1.31. The monoisotopic (exact) mass is 462 g/mol. The van der Waals surface area contributed by atoms with Crippen molar-refractivity contribution in [3.8, 4) is 11.5 Å². The van der Waals surface area contributed by atoms with E-state index in [1.807, 2.05) is 0 Å². The highest BCUT2D eigenvalue weighted by molar-refractivity contribution is 6.36. The molecule has 1 heterocycles. The van der Waals surface area contributed by atoms with Crippen LogP contribution in [0.1, 0.15) is 27.0 Å². The Morgan fingerprint density at radius 2 is 1.70 bits per heavy atom. The molecule has 3 aromatic rings. The number of benzene rings is 3. The van der Waals surface area contributed by atoms with Gasteiger partial charge >= 0.3 is 0 Å². The number of Topliss-reactive ketones (excluding diaryl/α,β-unsaturated/α-hetero) is 1. The number of fused-ring (bicyclic) bond motifs is 1. The van der Waals surface area contributed by atoms with E-state index >= 15 is 0 Å². The van der Waals surface area contributed by atoms with Gasteiger partial charge in [0.2, 0.25) is 5.78 Å². The van der Waals surface area contributed by atoms with Crippen molar-refractivity contribution < 1.29 is 18.7 Å². The number of rotatable bonds is 4. The van der Waals surface area contributed by atoms with E-state index in [0.717, 1.165) is 0 Å². The summed E-state index contributed by atoms with van der Waals surface area (Å²) in [6, 6.07) is 12.8. The van der Waals surface area contributed by atoms with Crippen LogP contribution in [0.15, 0.2) is 54.3 Å². The maximum Gasteiger partial charge on any atom is 0.232 e. The molecular formula is C23H14Cl3FO3. The standard InChI is InChI=1S/C23H14Cl3FO3/c1-12-8-13(29-11-15-17(25)4-2-5-18(15)26)9-20-22(12)23(28)21(30-20)10-14-16(24)6-3-7-19(14)27/h2-10H,11H2,1H3/b21-10-. The second-order valence-corrected chi connectivity index (χ2v) is 7.90. The Kier molecular flexibility index (Phi) is 5.74. The topological polar surface area (TPSA) is 35.5 Å². The molecule has 4 rings (SSSR count). The molecule has 0 bridgehead atoms. The van der Waals surface area contributed by atoms with Crippen LogP contribution in [0.2, 0.25) is 15.1 Å². The van der Waals surface area contributed by atoms with Gasteiger partial charge in [0.15, 0.2) is 5.76 Å². The van der Waals surface area contributed by atoms with Crippen molar-refractivity contribution in [2.45, 2.75) is 13.5 Å². The summed E-state index contributed by atoms with van der Waals surface area (Å²) in [5, 5.41) is 1.19. The van der Waals surface area contributed by atoms with Crippen molar-refractivity contribution in [3.05, 3.63) is 97.4 Å². The molecule has 0 aliphatic carbocycles. The van der Waals surface area contributed by atoms with Crippen molar-refractivity contribution in [2.24, 2.45) is 0 Å². The van der Waals surface area contributed by atoms with Gasteiger partial charge in [-0.05, 0) is 48.9 Å². The molecule has 0 N–H and O–H groups in total. The first-order chi connectivity index (χ1) is 14.3. The van der Waals surface area contributed by atoms with E-state index < -0.39 is 5.82 Å². The Balaban J connectivity index is 1.62. The Morgan fingerprint density at radius 3 is 2.40 bits per heavy atom. The normalized spacial score (nSPS) is 14.0. The van der Waals surface area contributed by atoms with E-state index in [4.69, 9.17) is 44.3 Å². The lowest BCUT2D eigenvalue weighted by molar-refractivity contribution is 0.101. The first kappa shape index (κ1) is 20.7. The van der Waals surface area contributed by atoms with E-state index in [2.05, 4.69) is 0 Å². The fourth-order valence-corrected chi connectivity index (χ4v) is 3.89. The smallest absolute Gasteiger partial charge is 0.232 e. The van der Waals surface area contributed by atoms with Gasteiger partial charge in [-0.25, -0.2) is 4.39 Å². The minimum atomic E-state index is -0.542. The molecule has 0 atom stereocenters. The first-order valence-corrected chi connectivity index (χ1v) is 10.1. The predicted octanol–water partition coefficient (Wildman–Crippen LogP) is 7.29. The number of halogens is 4. The molecule has 0 amide bonds. The zero-order valence-electron chi connectivity index (χ0n) is 15.6. The van der Waals surface area contributed by atoms with Crippen molar-refractivity contribution in [1.82, 2.24) is 0 Å². The molecule has 152 valence electrons. The molecule has 0 saturated carbocycles. The van der Waals surface area contributed by atoms with E-state index in [0.29, 0.717) is 38.2 Å². The molecule has 0 unspecified atom stereocenters. The Labute approximate surface area is 187 Å². The van der Waals surface area contributed by atoms with E-state index in [-0.39, 0.29) is 28.7 Å². The van der Waals surface area contributed by atoms with Gasteiger partial charge < -0.3 is 9.47 Å². The van der Waals surface area contributed by atoms with Gasteiger partial charge in [0.1, 0.15) is 23.9 Å². The maximum absolute atomic E-state index is 14.1. The molecule has 30 heavy (non-hydrogen) atoms. The summed E-state index contributed by atoms with van der Waals surface area (Å²) in [4.78, 5) is 12.8. The Morgan fingerprint density at radius 1 is 1.03 bits per heavy atom. The fraction of sp³-hybridized carbons (Fsp3) is 0.0870. The SMILES string of the molecule is Cc1cc(OCc2c(Cl)cccc2Cl)cc2c1C(=O)/C(=C/c1c(F)cccc1Cl)O2. The molecule has 0 spiro atoms. The second-order valence-electron chi connectivity index (χ2n) is 6.68. The highest BCUT2D eigenvalue weighted by Gasteiger charge is 2.30. The molecule has 1 aliphatic rings. The van der Waals surface area contributed by atoms with E-state index in [1.165, 1.54) is 18.2 Å². The van der Waals surface area contributed by atoms with Gasteiger partial charge in [-0.2, -0.15) is 0 Å². The lowest BCUT2D eigenvalue weighted by Crippen LogP contribution is -2.01. The van der Waals surface area contributed by atoms with Gasteiger partial charge in [-0.15, -0.1) is 0 Å². The number of carbonyl (C=O) groups excluding carboxylic acids is 1. The van der Waals surface area contributed by atoms with E-state index in [1.54, 1.807) is 43.3 Å².